The average molecular weight is 153 g/mol. The first kappa shape index (κ1) is 8.34. The lowest BCUT2D eigenvalue weighted by molar-refractivity contribution is -0.155. The van der Waals surface area contributed by atoms with Crippen LogP contribution >= 0.6 is 0 Å². The Morgan fingerprint density at radius 3 is 2.64 bits per heavy atom. The maximum absolute atomic E-state index is 5.51. The van der Waals surface area contributed by atoms with E-state index < -0.39 is 0 Å². The van der Waals surface area contributed by atoms with Crippen molar-refractivity contribution in [3.05, 3.63) is 24.6 Å². The van der Waals surface area contributed by atoms with Crippen LogP contribution in [0.25, 0.3) is 0 Å². The number of rotatable bonds is 1. The van der Waals surface area contributed by atoms with E-state index in [4.69, 9.17) is 4.84 Å². The smallest absolute Gasteiger partial charge is 0.0893 e. The van der Waals surface area contributed by atoms with Crippen LogP contribution in [0.3, 0.4) is 0 Å². The molecule has 0 fully saturated rings. The van der Waals surface area contributed by atoms with Crippen LogP contribution in [-0.2, 0) is 4.84 Å². The predicted molar refractivity (Wildman–Crippen MR) is 45.5 cm³/mol. The molecule has 0 bridgehead atoms. The molecule has 0 radical (unpaired) electrons. The molecule has 1 rings (SSSR count). The third-order valence-electron chi connectivity index (χ3n) is 1.92. The van der Waals surface area contributed by atoms with Gasteiger partial charge in [-0.3, -0.25) is 4.84 Å². The van der Waals surface area contributed by atoms with Gasteiger partial charge in [-0.1, -0.05) is 19.6 Å². The molecule has 2 nitrogen and oxygen atoms in total. The van der Waals surface area contributed by atoms with E-state index in [0.29, 0.717) is 5.92 Å². The van der Waals surface area contributed by atoms with Crippen LogP contribution in [0, 0.1) is 5.92 Å². The van der Waals surface area contributed by atoms with Gasteiger partial charge in [-0.2, -0.15) is 0 Å². The second-order valence-corrected chi connectivity index (χ2v) is 3.07. The molecule has 0 saturated heterocycles. The van der Waals surface area contributed by atoms with Crippen molar-refractivity contribution >= 4 is 0 Å². The lowest BCUT2D eigenvalue weighted by atomic mass is 10.1. The van der Waals surface area contributed by atoms with Gasteiger partial charge in [0.15, 0.2) is 0 Å². The van der Waals surface area contributed by atoms with Crippen molar-refractivity contribution in [3.63, 3.8) is 0 Å². The van der Waals surface area contributed by atoms with Gasteiger partial charge in [0.1, 0.15) is 0 Å². The van der Waals surface area contributed by atoms with E-state index in [1.807, 2.05) is 13.1 Å². The summed E-state index contributed by atoms with van der Waals surface area (Å²) in [6.45, 7) is 9.91. The summed E-state index contributed by atoms with van der Waals surface area (Å²) < 4.78 is 0. The Bertz CT molecular complexity index is 186. The van der Waals surface area contributed by atoms with Gasteiger partial charge in [0.25, 0.3) is 0 Å². The molecule has 1 heterocycles. The molecule has 0 N–H and O–H groups in total. The van der Waals surface area contributed by atoms with E-state index in [0.717, 1.165) is 5.70 Å². The second-order valence-electron chi connectivity index (χ2n) is 3.07. The summed E-state index contributed by atoms with van der Waals surface area (Å²) in [4.78, 5) is 5.51. The quantitative estimate of drug-likeness (QED) is 0.573. The van der Waals surface area contributed by atoms with Crippen molar-refractivity contribution in [2.45, 2.75) is 26.9 Å². The number of hydrogen-bond acceptors (Lipinski definition) is 2. The Hall–Kier alpha value is -0.760. The lowest BCUT2D eigenvalue weighted by Crippen LogP contribution is -2.30. The van der Waals surface area contributed by atoms with E-state index in [2.05, 4.69) is 26.5 Å². The van der Waals surface area contributed by atoms with Gasteiger partial charge in [-0.25, -0.2) is 5.06 Å². The predicted octanol–water partition coefficient (Wildman–Crippen LogP) is 2.31. The third-order valence-corrected chi connectivity index (χ3v) is 1.92. The molecule has 0 spiro atoms. The van der Waals surface area contributed by atoms with Gasteiger partial charge >= 0.3 is 0 Å². The average Bonchev–Trinajstić information content (AvgIpc) is 1.94. The van der Waals surface area contributed by atoms with Crippen LogP contribution in [0.5, 0.6) is 0 Å². The van der Waals surface area contributed by atoms with Gasteiger partial charge < -0.3 is 0 Å². The molecule has 1 aliphatic heterocycles. The Morgan fingerprint density at radius 1 is 1.55 bits per heavy atom. The van der Waals surface area contributed by atoms with Crippen molar-refractivity contribution < 1.29 is 4.84 Å². The van der Waals surface area contributed by atoms with Crippen molar-refractivity contribution in [1.82, 2.24) is 5.06 Å². The van der Waals surface area contributed by atoms with Crippen molar-refractivity contribution in [3.8, 4) is 0 Å². The van der Waals surface area contributed by atoms with Crippen LogP contribution in [0.15, 0.2) is 24.6 Å². The van der Waals surface area contributed by atoms with Crippen molar-refractivity contribution in [2.24, 2.45) is 5.92 Å². The minimum absolute atomic E-state index is 0.247. The summed E-state index contributed by atoms with van der Waals surface area (Å²) in [5, 5.41) is 1.71. The molecular formula is C9H15NO. The molecule has 0 amide bonds. The zero-order valence-electron chi connectivity index (χ0n) is 7.37. The number of hydrogen-bond donors (Lipinski definition) is 0. The molecule has 62 valence electrons. The first-order valence-corrected chi connectivity index (χ1v) is 3.91. The molecule has 0 aliphatic carbocycles. The van der Waals surface area contributed by atoms with Crippen LogP contribution in [0.4, 0.5) is 0 Å². The zero-order valence-corrected chi connectivity index (χ0v) is 7.37. The van der Waals surface area contributed by atoms with Crippen molar-refractivity contribution in [1.29, 1.82) is 0 Å². The standard InChI is InChI=1S/C9H15NO/c1-7(2)10-6-5-8(3)9(4)11-10/h5-6,8-9H,1H2,2-4H3. The maximum Gasteiger partial charge on any atom is 0.0893 e. The number of nitrogens with zero attached hydrogens (tertiary/aromatic N) is 1. The zero-order chi connectivity index (χ0) is 8.43. The molecule has 2 unspecified atom stereocenters. The van der Waals surface area contributed by atoms with E-state index in [9.17, 15) is 0 Å². The van der Waals surface area contributed by atoms with Crippen LogP contribution in [0.1, 0.15) is 20.8 Å². The third kappa shape index (κ3) is 1.84. The fourth-order valence-electron chi connectivity index (χ4n) is 0.898. The van der Waals surface area contributed by atoms with Gasteiger partial charge in [-0.15, -0.1) is 0 Å². The highest BCUT2D eigenvalue weighted by Crippen LogP contribution is 2.19. The minimum Gasteiger partial charge on any atom is -0.266 e. The molecule has 2 atom stereocenters. The maximum atomic E-state index is 5.51. The van der Waals surface area contributed by atoms with E-state index >= 15 is 0 Å². The highest BCUT2D eigenvalue weighted by Gasteiger charge is 2.18. The van der Waals surface area contributed by atoms with Crippen LogP contribution in [-0.4, -0.2) is 11.2 Å². The highest BCUT2D eigenvalue weighted by atomic mass is 16.7. The second kappa shape index (κ2) is 3.09. The molecule has 0 aromatic rings. The van der Waals surface area contributed by atoms with Crippen LogP contribution < -0.4 is 0 Å². The van der Waals surface area contributed by atoms with E-state index in [-0.39, 0.29) is 6.10 Å². The number of allylic oxidation sites excluding steroid dienone is 1. The molecule has 0 aromatic carbocycles. The van der Waals surface area contributed by atoms with Gasteiger partial charge in [0, 0.05) is 17.8 Å². The molecule has 1 aliphatic rings. The summed E-state index contributed by atoms with van der Waals surface area (Å²) in [6, 6.07) is 0. The summed E-state index contributed by atoms with van der Waals surface area (Å²) in [5.41, 5.74) is 0.917. The van der Waals surface area contributed by atoms with Crippen LogP contribution in [0.2, 0.25) is 0 Å². The monoisotopic (exact) mass is 153 g/mol. The minimum atomic E-state index is 0.247. The lowest BCUT2D eigenvalue weighted by Gasteiger charge is -2.30. The van der Waals surface area contributed by atoms with Gasteiger partial charge in [0.2, 0.25) is 0 Å². The Kier molecular flexibility index (Phi) is 2.35. The van der Waals surface area contributed by atoms with E-state index in [1.165, 1.54) is 0 Å². The van der Waals surface area contributed by atoms with Gasteiger partial charge in [-0.05, 0) is 13.8 Å². The topological polar surface area (TPSA) is 12.5 Å². The number of hydroxylamine groups is 2. The summed E-state index contributed by atoms with van der Waals surface area (Å²) in [5.74, 6) is 0.491. The summed E-state index contributed by atoms with van der Waals surface area (Å²) in [6.07, 6.45) is 4.30. The first-order valence-electron chi connectivity index (χ1n) is 3.91. The summed E-state index contributed by atoms with van der Waals surface area (Å²) >= 11 is 0. The normalized spacial score (nSPS) is 30.6. The summed E-state index contributed by atoms with van der Waals surface area (Å²) in [7, 11) is 0. The van der Waals surface area contributed by atoms with Crippen molar-refractivity contribution in [2.75, 3.05) is 0 Å². The molecule has 2 heteroatoms. The molecular weight excluding hydrogens is 138 g/mol. The SMILES string of the molecule is C=C(C)N1C=CC(C)C(C)O1. The highest BCUT2D eigenvalue weighted by molar-refractivity contribution is 4.98. The fourth-order valence-corrected chi connectivity index (χ4v) is 0.898. The molecule has 0 saturated carbocycles. The van der Waals surface area contributed by atoms with Gasteiger partial charge in [0.05, 0.1) is 6.10 Å². The Labute approximate surface area is 68.1 Å². The molecule has 0 aromatic heterocycles. The fraction of sp³-hybridized carbons (Fsp3) is 0.556. The Morgan fingerprint density at radius 2 is 2.18 bits per heavy atom. The molecule has 11 heavy (non-hydrogen) atoms. The first-order chi connectivity index (χ1) is 5.11. The van der Waals surface area contributed by atoms with E-state index in [1.54, 1.807) is 5.06 Å². The Balaban J connectivity index is 2.63. The largest absolute Gasteiger partial charge is 0.266 e.